The van der Waals surface area contributed by atoms with E-state index in [2.05, 4.69) is 13.0 Å². The zero-order chi connectivity index (χ0) is 16.2. The van der Waals surface area contributed by atoms with Crippen molar-refractivity contribution in [3.63, 3.8) is 0 Å². The van der Waals surface area contributed by atoms with E-state index >= 15 is 0 Å². The van der Waals surface area contributed by atoms with Gasteiger partial charge in [0.15, 0.2) is 0 Å². The van der Waals surface area contributed by atoms with Gasteiger partial charge in [0.1, 0.15) is 17.1 Å². The second kappa shape index (κ2) is 5.13. The number of hydrogen-bond donors (Lipinski definition) is 1. The number of benzene rings is 1. The Kier molecular flexibility index (Phi) is 3.31. The Bertz CT molecular complexity index is 795. The SMILES string of the molecule is COc1ccc2oc3c(c2c1)C1=C(CC[C@@H]3C)C(C)(O)CCC1. The molecule has 1 unspecified atom stereocenters. The van der Waals surface area contributed by atoms with E-state index in [0.29, 0.717) is 5.92 Å². The van der Waals surface area contributed by atoms with Crippen molar-refractivity contribution in [2.24, 2.45) is 0 Å². The zero-order valence-corrected chi connectivity index (χ0v) is 14.1. The van der Waals surface area contributed by atoms with Crippen molar-refractivity contribution in [2.45, 2.75) is 57.5 Å². The van der Waals surface area contributed by atoms with Crippen molar-refractivity contribution in [3.8, 4) is 5.75 Å². The van der Waals surface area contributed by atoms with E-state index < -0.39 is 5.60 Å². The van der Waals surface area contributed by atoms with Crippen molar-refractivity contribution in [2.75, 3.05) is 7.11 Å². The lowest BCUT2D eigenvalue weighted by Crippen LogP contribution is -2.30. The van der Waals surface area contributed by atoms with Crippen LogP contribution in [-0.4, -0.2) is 17.8 Å². The van der Waals surface area contributed by atoms with Gasteiger partial charge >= 0.3 is 0 Å². The molecule has 0 saturated heterocycles. The third kappa shape index (κ3) is 2.21. The van der Waals surface area contributed by atoms with Crippen LogP contribution in [0.5, 0.6) is 5.75 Å². The number of methoxy groups -OCH3 is 1. The maximum atomic E-state index is 10.9. The molecule has 2 atom stereocenters. The molecule has 0 radical (unpaired) electrons. The van der Waals surface area contributed by atoms with E-state index in [4.69, 9.17) is 9.15 Å². The molecule has 0 fully saturated rings. The predicted molar refractivity (Wildman–Crippen MR) is 91.8 cm³/mol. The summed E-state index contributed by atoms with van der Waals surface area (Å²) >= 11 is 0. The van der Waals surface area contributed by atoms with E-state index in [1.54, 1.807) is 7.11 Å². The highest BCUT2D eigenvalue weighted by Crippen LogP contribution is 2.49. The molecule has 2 aliphatic rings. The van der Waals surface area contributed by atoms with Gasteiger partial charge in [0.05, 0.1) is 12.7 Å². The first-order valence-corrected chi connectivity index (χ1v) is 8.57. The Morgan fingerprint density at radius 3 is 2.91 bits per heavy atom. The predicted octanol–water partition coefficient (Wildman–Crippen LogP) is 5.03. The number of aliphatic hydroxyl groups is 1. The number of rotatable bonds is 1. The third-order valence-corrected chi connectivity index (χ3v) is 5.60. The monoisotopic (exact) mass is 312 g/mol. The maximum Gasteiger partial charge on any atom is 0.135 e. The van der Waals surface area contributed by atoms with Crippen LogP contribution in [0.15, 0.2) is 28.2 Å². The molecule has 0 saturated carbocycles. The smallest absolute Gasteiger partial charge is 0.135 e. The third-order valence-electron chi connectivity index (χ3n) is 5.60. The number of ether oxygens (including phenoxy) is 1. The average Bonchev–Trinajstić information content (AvgIpc) is 2.84. The van der Waals surface area contributed by atoms with Crippen LogP contribution in [0.4, 0.5) is 0 Å². The van der Waals surface area contributed by atoms with E-state index in [1.165, 1.54) is 16.7 Å². The van der Waals surface area contributed by atoms with Gasteiger partial charge in [-0.3, -0.25) is 0 Å². The Labute approximate surface area is 136 Å². The van der Waals surface area contributed by atoms with Gasteiger partial charge in [-0.25, -0.2) is 0 Å². The Morgan fingerprint density at radius 1 is 1.30 bits per heavy atom. The van der Waals surface area contributed by atoms with E-state index in [1.807, 2.05) is 19.1 Å². The largest absolute Gasteiger partial charge is 0.497 e. The van der Waals surface area contributed by atoms with Crippen LogP contribution in [0.3, 0.4) is 0 Å². The number of allylic oxidation sites excluding steroid dienone is 1. The molecular formula is C20H24O3. The van der Waals surface area contributed by atoms with Crippen LogP contribution < -0.4 is 4.74 Å². The lowest BCUT2D eigenvalue weighted by atomic mass is 9.77. The minimum absolute atomic E-state index is 0.366. The topological polar surface area (TPSA) is 42.6 Å². The van der Waals surface area contributed by atoms with Crippen molar-refractivity contribution in [1.82, 2.24) is 0 Å². The summed E-state index contributed by atoms with van der Waals surface area (Å²) in [6.45, 7) is 4.20. The van der Waals surface area contributed by atoms with Crippen LogP contribution in [0, 0.1) is 0 Å². The maximum absolute atomic E-state index is 10.9. The summed E-state index contributed by atoms with van der Waals surface area (Å²) in [7, 11) is 1.69. The molecule has 4 rings (SSSR count). The van der Waals surface area contributed by atoms with Gasteiger partial charge < -0.3 is 14.3 Å². The molecule has 1 aromatic carbocycles. The molecule has 2 aliphatic carbocycles. The fourth-order valence-corrected chi connectivity index (χ4v) is 4.31. The summed E-state index contributed by atoms with van der Waals surface area (Å²) in [5.41, 5.74) is 3.99. The first-order valence-electron chi connectivity index (χ1n) is 8.57. The minimum Gasteiger partial charge on any atom is -0.497 e. The quantitative estimate of drug-likeness (QED) is 0.803. The van der Waals surface area contributed by atoms with Gasteiger partial charge in [-0.15, -0.1) is 0 Å². The van der Waals surface area contributed by atoms with Crippen molar-refractivity contribution in [1.29, 1.82) is 0 Å². The second-order valence-electron chi connectivity index (χ2n) is 7.23. The molecule has 3 heteroatoms. The minimum atomic E-state index is -0.683. The normalized spacial score (nSPS) is 27.6. The number of furan rings is 1. The first-order chi connectivity index (χ1) is 11.0. The molecule has 0 amide bonds. The fourth-order valence-electron chi connectivity index (χ4n) is 4.31. The molecule has 3 nitrogen and oxygen atoms in total. The Balaban J connectivity index is 2.04. The summed E-state index contributed by atoms with van der Waals surface area (Å²) < 4.78 is 11.6. The van der Waals surface area contributed by atoms with E-state index in [9.17, 15) is 5.11 Å². The van der Waals surface area contributed by atoms with Crippen LogP contribution >= 0.6 is 0 Å². The molecular weight excluding hydrogens is 288 g/mol. The van der Waals surface area contributed by atoms with Crippen LogP contribution in [0.2, 0.25) is 0 Å². The van der Waals surface area contributed by atoms with Gasteiger partial charge in [-0.05, 0) is 68.4 Å². The molecule has 23 heavy (non-hydrogen) atoms. The molecule has 0 bridgehead atoms. The van der Waals surface area contributed by atoms with Crippen molar-refractivity contribution in [3.05, 3.63) is 35.1 Å². The lowest BCUT2D eigenvalue weighted by molar-refractivity contribution is 0.0791. The van der Waals surface area contributed by atoms with Crippen LogP contribution in [-0.2, 0) is 0 Å². The highest BCUT2D eigenvalue weighted by atomic mass is 16.5. The summed E-state index contributed by atoms with van der Waals surface area (Å²) in [5.74, 6) is 2.29. The molecule has 1 heterocycles. The van der Waals surface area contributed by atoms with Gasteiger partial charge in [-0.1, -0.05) is 6.92 Å². The summed E-state index contributed by atoms with van der Waals surface area (Å²) in [6, 6.07) is 6.02. The molecule has 0 aliphatic heterocycles. The van der Waals surface area contributed by atoms with Gasteiger partial charge in [0.25, 0.3) is 0 Å². The van der Waals surface area contributed by atoms with Gasteiger partial charge in [0, 0.05) is 16.9 Å². The second-order valence-corrected chi connectivity index (χ2v) is 7.23. The average molecular weight is 312 g/mol. The van der Waals surface area contributed by atoms with Crippen molar-refractivity contribution >= 4 is 16.5 Å². The van der Waals surface area contributed by atoms with Crippen LogP contribution in [0.1, 0.15) is 63.2 Å². The molecule has 1 aromatic heterocycles. The molecule has 1 N–H and O–H groups in total. The van der Waals surface area contributed by atoms with Crippen LogP contribution in [0.25, 0.3) is 16.5 Å². The summed E-state index contributed by atoms with van der Waals surface area (Å²) in [6.07, 6.45) is 4.89. The molecule has 122 valence electrons. The highest BCUT2D eigenvalue weighted by molar-refractivity contribution is 5.95. The highest BCUT2D eigenvalue weighted by Gasteiger charge is 2.37. The molecule has 2 aromatic rings. The fraction of sp³-hybridized carbons (Fsp3) is 0.500. The number of fused-ring (bicyclic) bond motifs is 4. The summed E-state index contributed by atoms with van der Waals surface area (Å²) in [5, 5.41) is 12.0. The Morgan fingerprint density at radius 2 is 2.13 bits per heavy atom. The lowest BCUT2D eigenvalue weighted by Gasteiger charge is -2.33. The zero-order valence-electron chi connectivity index (χ0n) is 14.1. The standard InChI is InChI=1S/C20H24O3/c1-12-6-8-16-14(5-4-10-20(16,2)21)18-15-11-13(22-3)7-9-17(15)23-19(12)18/h7,9,11-12,21H,4-6,8,10H2,1-3H3/t12-,20?/m0/s1. The van der Waals surface area contributed by atoms with E-state index in [0.717, 1.165) is 54.6 Å². The van der Waals surface area contributed by atoms with Gasteiger partial charge in [0.2, 0.25) is 0 Å². The summed E-state index contributed by atoms with van der Waals surface area (Å²) in [4.78, 5) is 0. The van der Waals surface area contributed by atoms with Gasteiger partial charge in [-0.2, -0.15) is 0 Å². The van der Waals surface area contributed by atoms with E-state index in [-0.39, 0.29) is 0 Å². The Hall–Kier alpha value is -1.74. The number of hydrogen-bond acceptors (Lipinski definition) is 3. The molecule has 0 spiro atoms. The first kappa shape index (κ1) is 14.8. The van der Waals surface area contributed by atoms with Crippen molar-refractivity contribution < 1.29 is 14.3 Å².